The number of fused-ring (bicyclic) bond motifs is 1. The average molecular weight is 425 g/mol. The highest BCUT2D eigenvalue weighted by Crippen LogP contribution is 2.33. The minimum absolute atomic E-state index is 0.0486. The number of pyridine rings is 1. The molecule has 8 nitrogen and oxygen atoms in total. The number of nitrogens with zero attached hydrogens (tertiary/aromatic N) is 4. The molecule has 2 aromatic heterocycles. The summed E-state index contributed by atoms with van der Waals surface area (Å²) in [7, 11) is -3.80. The molecule has 0 bridgehead atoms. The van der Waals surface area contributed by atoms with E-state index in [1.54, 1.807) is 30.3 Å². The Morgan fingerprint density at radius 1 is 1.30 bits per heavy atom. The Bertz CT molecular complexity index is 1230. The van der Waals surface area contributed by atoms with Crippen LogP contribution in [-0.4, -0.2) is 35.0 Å². The second kappa shape index (κ2) is 7.63. The molecule has 9 heteroatoms. The number of nitriles is 1. The van der Waals surface area contributed by atoms with Gasteiger partial charge in [0.2, 0.25) is 0 Å². The Morgan fingerprint density at radius 2 is 2.03 bits per heavy atom. The van der Waals surface area contributed by atoms with Crippen molar-refractivity contribution < 1.29 is 8.42 Å². The second-order valence-corrected chi connectivity index (χ2v) is 9.46. The third-order valence-corrected chi connectivity index (χ3v) is 7.29. The summed E-state index contributed by atoms with van der Waals surface area (Å²) in [6.07, 6.45) is 4.64. The van der Waals surface area contributed by atoms with Gasteiger partial charge in [-0.3, -0.25) is 0 Å². The van der Waals surface area contributed by atoms with Gasteiger partial charge in [-0.05, 0) is 38.0 Å². The van der Waals surface area contributed by atoms with Gasteiger partial charge in [-0.15, -0.1) is 0 Å². The molecular formula is C21H24N6O2S. The molecule has 0 radical (unpaired) electrons. The number of nitrogen functional groups attached to an aromatic ring is 1. The van der Waals surface area contributed by atoms with Crippen molar-refractivity contribution in [1.82, 2.24) is 14.0 Å². The number of benzene rings is 1. The Kier molecular flexibility index (Phi) is 5.13. The summed E-state index contributed by atoms with van der Waals surface area (Å²) in [4.78, 5) is 4.50. The summed E-state index contributed by atoms with van der Waals surface area (Å²) in [5, 5.41) is 11.9. The summed E-state index contributed by atoms with van der Waals surface area (Å²) < 4.78 is 27.5. The largest absolute Gasteiger partial charge is 0.396 e. The van der Waals surface area contributed by atoms with Gasteiger partial charge < -0.3 is 11.2 Å². The van der Waals surface area contributed by atoms with E-state index >= 15 is 0 Å². The Labute approximate surface area is 175 Å². The van der Waals surface area contributed by atoms with E-state index in [4.69, 9.17) is 5.73 Å². The van der Waals surface area contributed by atoms with Gasteiger partial charge in [0, 0.05) is 24.2 Å². The zero-order chi connectivity index (χ0) is 21.5. The molecule has 3 aromatic rings. The van der Waals surface area contributed by atoms with Crippen LogP contribution in [0.1, 0.15) is 25.3 Å². The molecule has 30 heavy (non-hydrogen) atoms. The van der Waals surface area contributed by atoms with Crippen LogP contribution in [0.3, 0.4) is 0 Å². The number of nitrogens with two attached hydrogens (primary N) is 1. The van der Waals surface area contributed by atoms with Gasteiger partial charge >= 0.3 is 0 Å². The van der Waals surface area contributed by atoms with Crippen LogP contribution in [0.15, 0.2) is 47.6 Å². The Balaban J connectivity index is 1.75. The van der Waals surface area contributed by atoms with Crippen molar-refractivity contribution in [1.29, 1.82) is 5.26 Å². The van der Waals surface area contributed by atoms with Crippen LogP contribution < -0.4 is 11.2 Å². The predicted molar refractivity (Wildman–Crippen MR) is 116 cm³/mol. The fourth-order valence-electron chi connectivity index (χ4n) is 3.90. The van der Waals surface area contributed by atoms with Crippen molar-refractivity contribution in [3.63, 3.8) is 0 Å². The number of hydrogen-bond acceptors (Lipinski definition) is 7. The van der Waals surface area contributed by atoms with Crippen molar-refractivity contribution in [2.75, 3.05) is 17.7 Å². The first-order valence-electron chi connectivity index (χ1n) is 9.85. The van der Waals surface area contributed by atoms with Crippen LogP contribution in [-0.2, 0) is 10.0 Å². The van der Waals surface area contributed by atoms with E-state index in [2.05, 4.69) is 23.4 Å². The number of rotatable bonds is 5. The standard InChI is InChI=1S/C21H24N6O2S/c1-3-16-10-15(11-22)13-26(16)25-20-18-8-9-27(21(18)24-12-19(20)23)30(28,29)17-6-4-14(2)5-7-17/h4-9,12,15-16H,3,10,13,23H2,1-2H3,(H,24,25)/t15-,16+/m0/s1. The summed E-state index contributed by atoms with van der Waals surface area (Å²) in [6.45, 7) is 4.57. The molecule has 0 unspecified atom stereocenters. The van der Waals surface area contributed by atoms with Crippen LogP contribution in [0, 0.1) is 24.2 Å². The van der Waals surface area contributed by atoms with E-state index in [-0.39, 0.29) is 16.9 Å². The maximum atomic E-state index is 13.2. The van der Waals surface area contributed by atoms with Crippen molar-refractivity contribution in [3.8, 4) is 6.07 Å². The van der Waals surface area contributed by atoms with Gasteiger partial charge in [-0.2, -0.15) is 5.26 Å². The van der Waals surface area contributed by atoms with Crippen molar-refractivity contribution in [2.24, 2.45) is 5.92 Å². The van der Waals surface area contributed by atoms with Gasteiger partial charge in [0.25, 0.3) is 10.0 Å². The van der Waals surface area contributed by atoms with Gasteiger partial charge in [0.15, 0.2) is 5.65 Å². The number of hydrazine groups is 1. The molecule has 2 atom stereocenters. The highest BCUT2D eigenvalue weighted by Gasteiger charge is 2.32. The van der Waals surface area contributed by atoms with E-state index in [1.165, 1.54) is 16.4 Å². The molecule has 1 saturated heterocycles. The summed E-state index contributed by atoms with van der Waals surface area (Å²) in [6, 6.07) is 10.9. The van der Waals surface area contributed by atoms with Crippen molar-refractivity contribution >= 4 is 32.4 Å². The van der Waals surface area contributed by atoms with E-state index in [0.717, 1.165) is 18.4 Å². The lowest BCUT2D eigenvalue weighted by Gasteiger charge is -2.26. The lowest BCUT2D eigenvalue weighted by Crippen LogP contribution is -2.35. The minimum Gasteiger partial charge on any atom is -0.396 e. The lowest BCUT2D eigenvalue weighted by atomic mass is 10.1. The van der Waals surface area contributed by atoms with Gasteiger partial charge in [-0.25, -0.2) is 22.4 Å². The van der Waals surface area contributed by atoms with Crippen LogP contribution in [0.4, 0.5) is 11.4 Å². The normalized spacial score (nSPS) is 19.8. The third-order valence-electron chi connectivity index (χ3n) is 5.61. The first kappa shape index (κ1) is 20.2. The van der Waals surface area contributed by atoms with E-state index < -0.39 is 10.0 Å². The maximum absolute atomic E-state index is 13.2. The molecule has 3 heterocycles. The Morgan fingerprint density at radius 3 is 2.70 bits per heavy atom. The highest BCUT2D eigenvalue weighted by molar-refractivity contribution is 7.90. The van der Waals surface area contributed by atoms with Gasteiger partial charge in [-0.1, -0.05) is 24.6 Å². The topological polar surface area (TPSA) is 117 Å². The molecule has 0 amide bonds. The average Bonchev–Trinajstić information content (AvgIpc) is 3.34. The molecule has 0 aliphatic carbocycles. The number of hydrogen-bond donors (Lipinski definition) is 2. The summed E-state index contributed by atoms with van der Waals surface area (Å²) >= 11 is 0. The van der Waals surface area contributed by atoms with Crippen LogP contribution in [0.2, 0.25) is 0 Å². The van der Waals surface area contributed by atoms with Gasteiger partial charge in [0.1, 0.15) is 0 Å². The summed E-state index contributed by atoms with van der Waals surface area (Å²) in [5.74, 6) is -0.0486. The molecule has 0 spiro atoms. The fourth-order valence-corrected chi connectivity index (χ4v) is 5.20. The van der Waals surface area contributed by atoms with E-state index in [0.29, 0.717) is 29.0 Å². The zero-order valence-electron chi connectivity index (χ0n) is 16.9. The van der Waals surface area contributed by atoms with Crippen LogP contribution >= 0.6 is 0 Å². The lowest BCUT2D eigenvalue weighted by molar-refractivity contribution is 0.299. The summed E-state index contributed by atoms with van der Waals surface area (Å²) in [5.41, 5.74) is 11.8. The zero-order valence-corrected chi connectivity index (χ0v) is 17.7. The molecule has 1 aliphatic heterocycles. The van der Waals surface area contributed by atoms with Crippen LogP contribution in [0.25, 0.3) is 11.0 Å². The molecule has 4 rings (SSSR count). The predicted octanol–water partition coefficient (Wildman–Crippen LogP) is 3.11. The number of aryl methyl sites for hydroxylation is 1. The minimum atomic E-state index is -3.80. The molecule has 3 N–H and O–H groups in total. The fraction of sp³-hybridized carbons (Fsp3) is 0.333. The van der Waals surface area contributed by atoms with Crippen molar-refractivity contribution in [3.05, 3.63) is 48.3 Å². The molecule has 156 valence electrons. The van der Waals surface area contributed by atoms with E-state index in [1.807, 2.05) is 11.9 Å². The third kappa shape index (κ3) is 3.38. The molecule has 0 saturated carbocycles. The monoisotopic (exact) mass is 424 g/mol. The smallest absolute Gasteiger partial charge is 0.269 e. The highest BCUT2D eigenvalue weighted by atomic mass is 32.2. The number of anilines is 2. The second-order valence-electron chi connectivity index (χ2n) is 7.64. The molecule has 1 fully saturated rings. The molecule has 1 aromatic carbocycles. The van der Waals surface area contributed by atoms with Crippen molar-refractivity contribution in [2.45, 2.75) is 37.6 Å². The number of aromatic nitrogens is 2. The molecular weight excluding hydrogens is 400 g/mol. The first-order chi connectivity index (χ1) is 14.3. The first-order valence-corrected chi connectivity index (χ1v) is 11.3. The Hall–Kier alpha value is -3.09. The van der Waals surface area contributed by atoms with Crippen LogP contribution in [0.5, 0.6) is 0 Å². The molecule has 1 aliphatic rings. The maximum Gasteiger partial charge on any atom is 0.269 e. The van der Waals surface area contributed by atoms with Gasteiger partial charge in [0.05, 0.1) is 34.5 Å². The SMILES string of the molecule is CC[C@@H]1C[C@@H](C#N)CN1Nc1c(N)cnc2c1ccn2S(=O)(=O)c1ccc(C)cc1. The quantitative estimate of drug-likeness (QED) is 0.646. The number of nitrogens with one attached hydrogen (secondary N) is 1. The van der Waals surface area contributed by atoms with E-state index in [9.17, 15) is 13.7 Å².